The molecular weight excluding hydrogens is 703 g/mol. The fraction of sp³-hybridized carbons (Fsp3) is 0.229. The summed E-state index contributed by atoms with van der Waals surface area (Å²) >= 11 is 6.01. The number of rotatable bonds is 12. The molecule has 52 heavy (non-hydrogen) atoms. The third-order valence-electron chi connectivity index (χ3n) is 7.28. The maximum atomic E-state index is 13.4. The summed E-state index contributed by atoms with van der Waals surface area (Å²) in [5.41, 5.74) is 3.40. The Morgan fingerprint density at radius 1 is 0.827 bits per heavy atom. The number of nitrogens with zero attached hydrogens (tertiary/aromatic N) is 4. The lowest BCUT2D eigenvalue weighted by molar-refractivity contribution is -0.134. The highest BCUT2D eigenvalue weighted by Crippen LogP contribution is 2.24. The van der Waals surface area contributed by atoms with Gasteiger partial charge in [0.05, 0.1) is 23.1 Å². The molecule has 274 valence electrons. The number of aromatic nitrogens is 3. The minimum atomic E-state index is -1.26. The van der Waals surface area contributed by atoms with Crippen LogP contribution in [0.4, 0.5) is 10.3 Å². The van der Waals surface area contributed by atoms with Gasteiger partial charge in [-0.2, -0.15) is 0 Å². The molecule has 4 aromatic rings. The van der Waals surface area contributed by atoms with Crippen LogP contribution in [0.2, 0.25) is 5.15 Å². The number of likely N-dealkylation sites (tertiary alicyclic amines) is 1. The highest BCUT2D eigenvalue weighted by Gasteiger charge is 2.22. The van der Waals surface area contributed by atoms with E-state index in [0.717, 1.165) is 55.0 Å². The number of benzene rings is 2. The van der Waals surface area contributed by atoms with E-state index in [1.807, 2.05) is 30.3 Å². The van der Waals surface area contributed by atoms with E-state index < -0.39 is 23.9 Å². The van der Waals surface area contributed by atoms with Gasteiger partial charge in [0.15, 0.2) is 0 Å². The van der Waals surface area contributed by atoms with Crippen LogP contribution in [0.15, 0.2) is 91.2 Å². The standard InChI is InChI=1S/C27H28ClFN6O.2C4H4O4/c28-25-22(4-3-13-30-25)26(36)31-14-17-34-15-11-21(12-16-34)32-27-33-23-5-1-2-6-24(23)35(27)18-19-7-9-20(29)10-8-19;2*5-3(6)1-2-4(7)8/h1-10,13,21H,11-12,14-18H2,(H,31,36)(H,32,33);2*1-2H,(H,5,6)(H,7,8)/b;2-1+;. The summed E-state index contributed by atoms with van der Waals surface area (Å²) in [7, 11) is 0. The third-order valence-corrected chi connectivity index (χ3v) is 7.58. The summed E-state index contributed by atoms with van der Waals surface area (Å²) in [4.78, 5) is 61.7. The Morgan fingerprint density at radius 2 is 1.40 bits per heavy atom. The first-order valence-corrected chi connectivity index (χ1v) is 16.0. The molecule has 17 heteroatoms. The minimum Gasteiger partial charge on any atom is -0.478 e. The second-order valence-corrected chi connectivity index (χ2v) is 11.4. The average Bonchev–Trinajstić information content (AvgIpc) is 3.45. The maximum Gasteiger partial charge on any atom is 0.328 e. The van der Waals surface area contributed by atoms with E-state index in [1.165, 1.54) is 12.1 Å². The number of amides is 1. The molecule has 0 radical (unpaired) electrons. The smallest absolute Gasteiger partial charge is 0.328 e. The number of piperidine rings is 1. The van der Waals surface area contributed by atoms with Crippen molar-refractivity contribution in [3.8, 4) is 0 Å². The zero-order valence-electron chi connectivity index (χ0n) is 27.6. The molecule has 15 nitrogen and oxygen atoms in total. The van der Waals surface area contributed by atoms with E-state index in [9.17, 15) is 28.4 Å². The van der Waals surface area contributed by atoms with E-state index in [-0.39, 0.29) is 16.9 Å². The normalized spacial score (nSPS) is 13.1. The number of aliphatic carboxylic acids is 4. The van der Waals surface area contributed by atoms with Crippen LogP contribution in [0, 0.1) is 5.82 Å². The van der Waals surface area contributed by atoms with Crippen molar-refractivity contribution in [3.05, 3.63) is 113 Å². The summed E-state index contributed by atoms with van der Waals surface area (Å²) < 4.78 is 15.5. The molecule has 2 aromatic carbocycles. The number of halogens is 2. The molecule has 1 aliphatic heterocycles. The molecule has 1 saturated heterocycles. The molecule has 0 unspecified atom stereocenters. The van der Waals surface area contributed by atoms with E-state index in [4.69, 9.17) is 37.0 Å². The van der Waals surface area contributed by atoms with Crippen molar-refractivity contribution in [1.82, 2.24) is 24.8 Å². The number of anilines is 1. The van der Waals surface area contributed by atoms with Gasteiger partial charge in [-0.05, 0) is 54.8 Å². The van der Waals surface area contributed by atoms with Crippen LogP contribution in [-0.4, -0.2) is 102 Å². The predicted octanol–water partition coefficient (Wildman–Crippen LogP) is 4.00. The molecule has 1 aliphatic rings. The summed E-state index contributed by atoms with van der Waals surface area (Å²) in [6.45, 7) is 3.80. The monoisotopic (exact) mass is 738 g/mol. The zero-order chi connectivity index (χ0) is 38.0. The molecule has 0 spiro atoms. The number of nitrogens with one attached hydrogen (secondary N) is 2. The molecule has 0 bridgehead atoms. The van der Waals surface area contributed by atoms with Crippen molar-refractivity contribution in [3.63, 3.8) is 0 Å². The first kappa shape index (κ1) is 40.3. The van der Waals surface area contributed by atoms with Gasteiger partial charge in [-0.1, -0.05) is 35.9 Å². The Hall–Kier alpha value is -6.13. The summed E-state index contributed by atoms with van der Waals surface area (Å²) in [6, 6.07) is 18.3. The number of hydrogen-bond donors (Lipinski definition) is 6. The quantitative estimate of drug-likeness (QED) is 0.0894. The summed E-state index contributed by atoms with van der Waals surface area (Å²) in [5, 5.41) is 38.0. The second-order valence-electron chi connectivity index (χ2n) is 11.0. The van der Waals surface area contributed by atoms with E-state index in [2.05, 4.69) is 31.2 Å². The fourth-order valence-corrected chi connectivity index (χ4v) is 5.07. The number of carboxylic acid groups (broad SMARTS) is 4. The van der Waals surface area contributed by atoms with Crippen molar-refractivity contribution in [2.24, 2.45) is 0 Å². The molecule has 1 fully saturated rings. The van der Waals surface area contributed by atoms with E-state index in [0.29, 0.717) is 49.0 Å². The molecule has 3 heterocycles. The molecule has 5 rings (SSSR count). The number of carboxylic acids is 4. The van der Waals surface area contributed by atoms with E-state index >= 15 is 0 Å². The van der Waals surface area contributed by atoms with Crippen molar-refractivity contribution >= 4 is 58.4 Å². The van der Waals surface area contributed by atoms with Gasteiger partial charge in [-0.15, -0.1) is 0 Å². The highest BCUT2D eigenvalue weighted by molar-refractivity contribution is 6.32. The zero-order valence-corrected chi connectivity index (χ0v) is 28.3. The number of carbonyl (C=O) groups excluding carboxylic acids is 1. The van der Waals surface area contributed by atoms with E-state index in [1.54, 1.807) is 18.3 Å². The predicted molar refractivity (Wildman–Crippen MR) is 189 cm³/mol. The SMILES string of the molecule is O=C(NCCN1CCC(Nc2nc3ccccc3n2Cc2ccc(F)cc2)CC1)c1cccnc1Cl.O=C(O)/C=C/C(=O)O.O=C(O)C=CC(=O)O. The van der Waals surface area contributed by atoms with Gasteiger partial charge < -0.3 is 40.5 Å². The molecular formula is C35H36ClFN6O9. The van der Waals surface area contributed by atoms with Gasteiger partial charge in [0.25, 0.3) is 5.91 Å². The molecule has 0 atom stereocenters. The first-order valence-electron chi connectivity index (χ1n) is 15.7. The lowest BCUT2D eigenvalue weighted by atomic mass is 10.1. The summed E-state index contributed by atoms with van der Waals surface area (Å²) in [6.07, 6.45) is 5.74. The molecule has 0 saturated carbocycles. The Balaban J connectivity index is 0.000000380. The van der Waals surface area contributed by atoms with Crippen molar-refractivity contribution in [2.45, 2.75) is 25.4 Å². The van der Waals surface area contributed by atoms with Crippen LogP contribution in [-0.2, 0) is 25.7 Å². The maximum absolute atomic E-state index is 13.4. The van der Waals surface area contributed by atoms with Crippen molar-refractivity contribution in [1.29, 1.82) is 0 Å². The van der Waals surface area contributed by atoms with Crippen LogP contribution in [0.25, 0.3) is 11.0 Å². The largest absolute Gasteiger partial charge is 0.478 e. The average molecular weight is 739 g/mol. The van der Waals surface area contributed by atoms with Crippen LogP contribution >= 0.6 is 11.6 Å². The number of carbonyl (C=O) groups is 5. The number of para-hydroxylation sites is 2. The molecule has 0 aliphatic carbocycles. The topological polar surface area (TPSA) is 224 Å². The third kappa shape index (κ3) is 14.0. The van der Waals surface area contributed by atoms with Gasteiger partial charge in [-0.25, -0.2) is 33.5 Å². The number of hydrogen-bond acceptors (Lipinski definition) is 9. The molecule has 1 amide bonds. The molecule has 2 aromatic heterocycles. The summed E-state index contributed by atoms with van der Waals surface area (Å²) in [5.74, 6) is -4.64. The van der Waals surface area contributed by atoms with Crippen molar-refractivity contribution < 1.29 is 48.8 Å². The lowest BCUT2D eigenvalue weighted by Gasteiger charge is -2.32. The highest BCUT2D eigenvalue weighted by atomic mass is 35.5. The first-order chi connectivity index (χ1) is 24.8. The molecule has 6 N–H and O–H groups in total. The number of fused-ring (bicyclic) bond motifs is 1. The Kier molecular flexibility index (Phi) is 15.9. The van der Waals surface area contributed by atoms with Gasteiger partial charge >= 0.3 is 23.9 Å². The van der Waals surface area contributed by atoms with Gasteiger partial charge in [0.2, 0.25) is 5.95 Å². The van der Waals surface area contributed by atoms with Crippen LogP contribution in [0.3, 0.4) is 0 Å². The second kappa shape index (κ2) is 20.5. The number of pyridine rings is 1. The Bertz CT molecular complexity index is 1840. The fourth-order valence-electron chi connectivity index (χ4n) is 4.86. The van der Waals surface area contributed by atoms with Crippen LogP contribution in [0.5, 0.6) is 0 Å². The van der Waals surface area contributed by atoms with Crippen LogP contribution < -0.4 is 10.6 Å². The van der Waals surface area contributed by atoms with Crippen LogP contribution in [0.1, 0.15) is 28.8 Å². The Morgan fingerprint density at radius 3 is 1.96 bits per heavy atom. The van der Waals surface area contributed by atoms with Gasteiger partial charge in [0.1, 0.15) is 11.0 Å². The van der Waals surface area contributed by atoms with Gasteiger partial charge in [-0.3, -0.25) is 4.79 Å². The van der Waals surface area contributed by atoms with Crippen molar-refractivity contribution in [2.75, 3.05) is 31.5 Å². The Labute approximate surface area is 301 Å². The lowest BCUT2D eigenvalue weighted by Crippen LogP contribution is -2.43. The van der Waals surface area contributed by atoms with Gasteiger partial charge in [0, 0.05) is 62.7 Å². The number of imidazole rings is 1. The minimum absolute atomic E-state index is 0.204.